The lowest BCUT2D eigenvalue weighted by molar-refractivity contribution is 0.507. The van der Waals surface area contributed by atoms with E-state index in [0.717, 1.165) is 13.0 Å². The van der Waals surface area contributed by atoms with E-state index in [1.807, 2.05) is 23.9 Å². The molecule has 0 radical (unpaired) electrons. The maximum atomic E-state index is 4.23. The number of aromatic nitrogens is 2. The normalized spacial score (nSPS) is 13.1. The number of thiophene rings is 1. The molecule has 0 bridgehead atoms. The van der Waals surface area contributed by atoms with E-state index >= 15 is 0 Å². The Labute approximate surface area is 119 Å². The minimum atomic E-state index is 0.467. The van der Waals surface area contributed by atoms with Gasteiger partial charge in [0, 0.05) is 34.6 Å². The number of hydrogen-bond acceptors (Lipinski definition) is 3. The second-order valence-corrected chi connectivity index (χ2v) is 6.76. The Hall–Kier alpha value is -1.13. The summed E-state index contributed by atoms with van der Waals surface area (Å²) in [5, 5.41) is 3.58. The molecule has 4 heteroatoms. The van der Waals surface area contributed by atoms with Crippen molar-refractivity contribution in [3.8, 4) is 0 Å². The molecule has 0 aliphatic rings. The lowest BCUT2D eigenvalue weighted by atomic mass is 10.2. The van der Waals surface area contributed by atoms with E-state index in [1.165, 1.54) is 15.4 Å². The maximum Gasteiger partial charge on any atom is 0.0951 e. The Bertz CT molecular complexity index is 513. The highest BCUT2D eigenvalue weighted by Crippen LogP contribution is 2.17. The van der Waals surface area contributed by atoms with Crippen LogP contribution < -0.4 is 5.32 Å². The van der Waals surface area contributed by atoms with Gasteiger partial charge in [-0.2, -0.15) is 0 Å². The van der Waals surface area contributed by atoms with Crippen LogP contribution in [-0.4, -0.2) is 15.6 Å². The van der Waals surface area contributed by atoms with Crippen molar-refractivity contribution in [1.29, 1.82) is 0 Å². The molecule has 2 heterocycles. The summed E-state index contributed by atoms with van der Waals surface area (Å²) in [7, 11) is 0. The molecule has 0 aliphatic heterocycles. The average Bonchev–Trinajstić information content (AvgIpc) is 2.95. The molecule has 19 heavy (non-hydrogen) atoms. The van der Waals surface area contributed by atoms with Crippen molar-refractivity contribution in [3.63, 3.8) is 0 Å². The van der Waals surface area contributed by atoms with Crippen LogP contribution in [0.3, 0.4) is 0 Å². The molecule has 3 nitrogen and oxygen atoms in total. The summed E-state index contributed by atoms with van der Waals surface area (Å²) in [6.45, 7) is 9.65. The quantitative estimate of drug-likeness (QED) is 0.875. The fourth-order valence-electron chi connectivity index (χ4n) is 2.18. The number of hydrogen-bond donors (Lipinski definition) is 1. The molecule has 0 fully saturated rings. The van der Waals surface area contributed by atoms with Gasteiger partial charge >= 0.3 is 0 Å². The van der Waals surface area contributed by atoms with Crippen LogP contribution in [0.1, 0.15) is 42.3 Å². The van der Waals surface area contributed by atoms with Crippen molar-refractivity contribution in [3.05, 3.63) is 40.1 Å². The molecule has 1 unspecified atom stereocenters. The van der Waals surface area contributed by atoms with Crippen LogP contribution in [0.5, 0.6) is 0 Å². The maximum absolute atomic E-state index is 4.23. The molecular weight excluding hydrogens is 254 g/mol. The van der Waals surface area contributed by atoms with Gasteiger partial charge in [0.25, 0.3) is 0 Å². The van der Waals surface area contributed by atoms with Gasteiger partial charge in [-0.3, -0.25) is 0 Å². The van der Waals surface area contributed by atoms with E-state index in [1.54, 1.807) is 0 Å². The molecule has 0 aromatic carbocycles. The molecular formula is C15H23N3S. The second-order valence-electron chi connectivity index (χ2n) is 5.38. The fraction of sp³-hybridized carbons (Fsp3) is 0.533. The number of nitrogens with one attached hydrogen (secondary N) is 1. The zero-order chi connectivity index (χ0) is 13.8. The van der Waals surface area contributed by atoms with Gasteiger partial charge in [0.1, 0.15) is 0 Å². The molecule has 2 rings (SSSR count). The van der Waals surface area contributed by atoms with Gasteiger partial charge in [-0.05, 0) is 46.2 Å². The Kier molecular flexibility index (Phi) is 4.77. The van der Waals surface area contributed by atoms with Gasteiger partial charge in [0.2, 0.25) is 0 Å². The summed E-state index contributed by atoms with van der Waals surface area (Å²) < 4.78 is 2.22. The summed E-state index contributed by atoms with van der Waals surface area (Å²) in [4.78, 5) is 7.08. The fourth-order valence-corrected chi connectivity index (χ4v) is 3.20. The van der Waals surface area contributed by atoms with Gasteiger partial charge in [-0.15, -0.1) is 11.3 Å². The first-order valence-corrected chi connectivity index (χ1v) is 7.67. The predicted molar refractivity (Wildman–Crippen MR) is 81.7 cm³/mol. The van der Waals surface area contributed by atoms with E-state index in [2.05, 4.69) is 54.7 Å². The van der Waals surface area contributed by atoms with E-state index in [-0.39, 0.29) is 0 Å². The van der Waals surface area contributed by atoms with Crippen molar-refractivity contribution in [2.75, 3.05) is 0 Å². The topological polar surface area (TPSA) is 29.9 Å². The van der Waals surface area contributed by atoms with Crippen LogP contribution in [0.2, 0.25) is 0 Å². The molecule has 0 saturated carbocycles. The van der Waals surface area contributed by atoms with E-state index < -0.39 is 0 Å². The predicted octanol–water partition coefficient (Wildman–Crippen LogP) is 3.55. The third-order valence-electron chi connectivity index (χ3n) is 3.24. The lowest BCUT2D eigenvalue weighted by Gasteiger charge is -2.16. The number of imidazole rings is 1. The largest absolute Gasteiger partial charge is 0.331 e. The third kappa shape index (κ3) is 3.91. The van der Waals surface area contributed by atoms with E-state index in [9.17, 15) is 0 Å². The van der Waals surface area contributed by atoms with Crippen LogP contribution in [0, 0.1) is 6.92 Å². The van der Waals surface area contributed by atoms with Crippen molar-refractivity contribution in [1.82, 2.24) is 14.9 Å². The van der Waals surface area contributed by atoms with Gasteiger partial charge in [-0.1, -0.05) is 0 Å². The first-order valence-electron chi connectivity index (χ1n) is 6.85. The summed E-state index contributed by atoms with van der Waals surface area (Å²) >= 11 is 1.89. The molecule has 2 aromatic rings. The zero-order valence-corrected chi connectivity index (χ0v) is 13.0. The second kappa shape index (κ2) is 6.35. The van der Waals surface area contributed by atoms with E-state index in [4.69, 9.17) is 0 Å². The van der Waals surface area contributed by atoms with Gasteiger partial charge in [-0.25, -0.2) is 4.98 Å². The Morgan fingerprint density at radius 1 is 1.32 bits per heavy atom. The third-order valence-corrected chi connectivity index (χ3v) is 4.26. The average molecular weight is 277 g/mol. The number of nitrogens with zero attached hydrogens (tertiary/aromatic N) is 2. The highest BCUT2D eigenvalue weighted by atomic mass is 32.1. The van der Waals surface area contributed by atoms with Crippen LogP contribution in [0.25, 0.3) is 0 Å². The van der Waals surface area contributed by atoms with Crippen LogP contribution >= 0.6 is 11.3 Å². The minimum absolute atomic E-state index is 0.467. The van der Waals surface area contributed by atoms with Crippen LogP contribution in [-0.2, 0) is 13.0 Å². The summed E-state index contributed by atoms with van der Waals surface area (Å²) in [5.41, 5.74) is 1.25. The molecule has 2 aromatic heterocycles. The Morgan fingerprint density at radius 2 is 2.11 bits per heavy atom. The first-order chi connectivity index (χ1) is 9.06. The number of aryl methyl sites for hydroxylation is 1. The monoisotopic (exact) mass is 277 g/mol. The summed E-state index contributed by atoms with van der Waals surface area (Å²) in [5.74, 6) is 0. The first kappa shape index (κ1) is 14.3. The van der Waals surface area contributed by atoms with Crippen molar-refractivity contribution < 1.29 is 0 Å². The standard InChI is InChI=1S/C15H23N3S/c1-11(2)18-10-16-8-14(18)9-17-12(3)7-15-6-5-13(4)19-15/h5-6,8,10-12,17H,7,9H2,1-4H3. The summed E-state index contributed by atoms with van der Waals surface area (Å²) in [6.07, 6.45) is 4.96. The molecule has 0 amide bonds. The smallest absolute Gasteiger partial charge is 0.0951 e. The van der Waals surface area contributed by atoms with Gasteiger partial charge in [0.15, 0.2) is 0 Å². The minimum Gasteiger partial charge on any atom is -0.331 e. The zero-order valence-electron chi connectivity index (χ0n) is 12.2. The Morgan fingerprint density at radius 3 is 2.74 bits per heavy atom. The van der Waals surface area contributed by atoms with E-state index in [0.29, 0.717) is 12.1 Å². The molecule has 0 spiro atoms. The highest BCUT2D eigenvalue weighted by Gasteiger charge is 2.08. The highest BCUT2D eigenvalue weighted by molar-refractivity contribution is 7.11. The SMILES string of the molecule is Cc1ccc(CC(C)NCc2cncn2C(C)C)s1. The van der Waals surface area contributed by atoms with Crippen molar-refractivity contribution in [2.24, 2.45) is 0 Å². The van der Waals surface area contributed by atoms with Gasteiger partial charge in [0.05, 0.1) is 12.0 Å². The van der Waals surface area contributed by atoms with Crippen LogP contribution in [0.4, 0.5) is 0 Å². The molecule has 1 N–H and O–H groups in total. The Balaban J connectivity index is 1.86. The van der Waals surface area contributed by atoms with Crippen LogP contribution in [0.15, 0.2) is 24.7 Å². The van der Waals surface area contributed by atoms with Gasteiger partial charge < -0.3 is 9.88 Å². The lowest BCUT2D eigenvalue weighted by Crippen LogP contribution is -2.28. The van der Waals surface area contributed by atoms with Crippen molar-refractivity contribution in [2.45, 2.75) is 52.7 Å². The van der Waals surface area contributed by atoms with Crippen molar-refractivity contribution >= 4 is 11.3 Å². The molecule has 104 valence electrons. The number of rotatable bonds is 6. The molecule has 0 saturated heterocycles. The molecule has 0 aliphatic carbocycles. The molecule has 1 atom stereocenters. The summed E-state index contributed by atoms with van der Waals surface area (Å²) in [6, 6.07) is 5.38.